The van der Waals surface area contributed by atoms with Crippen molar-refractivity contribution >= 4 is 11.3 Å². The molecule has 0 atom stereocenters. The standard InChI is InChI=1S/C14H24N2OS/c1-16(7-4-13-3-2-10-18-13)12-14(11-15)5-8-17-9-6-14/h2-3,10H,4-9,11-12,15H2,1H3. The molecule has 102 valence electrons. The molecule has 0 unspecified atom stereocenters. The van der Waals surface area contributed by atoms with E-state index in [9.17, 15) is 0 Å². The van der Waals surface area contributed by atoms with E-state index < -0.39 is 0 Å². The van der Waals surface area contributed by atoms with Crippen LogP contribution < -0.4 is 5.73 Å². The third-order valence-corrected chi connectivity index (χ3v) is 4.85. The maximum absolute atomic E-state index is 6.00. The minimum absolute atomic E-state index is 0.280. The fraction of sp³-hybridized carbons (Fsp3) is 0.714. The lowest BCUT2D eigenvalue weighted by atomic mass is 9.80. The normalized spacial score (nSPS) is 19.3. The Morgan fingerprint density at radius 2 is 2.22 bits per heavy atom. The lowest BCUT2D eigenvalue weighted by Gasteiger charge is -2.39. The van der Waals surface area contributed by atoms with Crippen LogP contribution in [-0.2, 0) is 11.2 Å². The number of thiophene rings is 1. The highest BCUT2D eigenvalue weighted by Gasteiger charge is 2.32. The maximum Gasteiger partial charge on any atom is 0.0472 e. The Labute approximate surface area is 114 Å². The van der Waals surface area contributed by atoms with Crippen molar-refractivity contribution in [2.75, 3.05) is 39.9 Å². The average Bonchev–Trinajstić information content (AvgIpc) is 2.91. The molecule has 1 aliphatic heterocycles. The molecular weight excluding hydrogens is 244 g/mol. The van der Waals surface area contributed by atoms with Crippen LogP contribution in [-0.4, -0.2) is 44.8 Å². The van der Waals surface area contributed by atoms with Gasteiger partial charge in [0.1, 0.15) is 0 Å². The van der Waals surface area contributed by atoms with Gasteiger partial charge in [-0.1, -0.05) is 6.07 Å². The predicted octanol–water partition coefficient (Wildman–Crippen LogP) is 1.98. The van der Waals surface area contributed by atoms with Crippen LogP contribution in [0.1, 0.15) is 17.7 Å². The molecule has 1 saturated heterocycles. The Morgan fingerprint density at radius 3 is 2.83 bits per heavy atom. The molecule has 0 spiro atoms. The van der Waals surface area contributed by atoms with Crippen LogP contribution in [0.3, 0.4) is 0 Å². The molecule has 1 aromatic heterocycles. The number of likely N-dealkylation sites (N-methyl/N-ethyl adjacent to an activating group) is 1. The van der Waals surface area contributed by atoms with Crippen molar-refractivity contribution in [2.45, 2.75) is 19.3 Å². The Kier molecular flexibility index (Phi) is 5.18. The Bertz CT molecular complexity index is 334. The molecule has 0 aromatic carbocycles. The molecule has 2 rings (SSSR count). The van der Waals surface area contributed by atoms with Gasteiger partial charge in [0, 0.05) is 31.2 Å². The van der Waals surface area contributed by atoms with E-state index in [1.165, 1.54) is 4.88 Å². The van der Waals surface area contributed by atoms with Gasteiger partial charge in [0.15, 0.2) is 0 Å². The fourth-order valence-electron chi connectivity index (χ4n) is 2.64. The van der Waals surface area contributed by atoms with Crippen molar-refractivity contribution in [1.29, 1.82) is 0 Å². The van der Waals surface area contributed by atoms with E-state index in [1.807, 2.05) is 11.3 Å². The molecule has 1 fully saturated rings. The molecule has 3 nitrogen and oxygen atoms in total. The van der Waals surface area contributed by atoms with Gasteiger partial charge >= 0.3 is 0 Å². The summed E-state index contributed by atoms with van der Waals surface area (Å²) in [6.07, 6.45) is 3.35. The quantitative estimate of drug-likeness (QED) is 0.857. The van der Waals surface area contributed by atoms with Gasteiger partial charge < -0.3 is 15.4 Å². The summed E-state index contributed by atoms with van der Waals surface area (Å²) in [5.41, 5.74) is 6.28. The molecule has 1 aromatic rings. The highest BCUT2D eigenvalue weighted by molar-refractivity contribution is 7.09. The largest absolute Gasteiger partial charge is 0.381 e. The average molecular weight is 268 g/mol. The van der Waals surface area contributed by atoms with E-state index in [-0.39, 0.29) is 5.41 Å². The Morgan fingerprint density at radius 1 is 1.44 bits per heavy atom. The third-order valence-electron chi connectivity index (χ3n) is 3.91. The highest BCUT2D eigenvalue weighted by atomic mass is 32.1. The molecule has 1 aliphatic rings. The zero-order valence-corrected chi connectivity index (χ0v) is 12.0. The molecule has 2 N–H and O–H groups in total. The van der Waals surface area contributed by atoms with E-state index in [0.29, 0.717) is 0 Å². The monoisotopic (exact) mass is 268 g/mol. The van der Waals surface area contributed by atoms with Gasteiger partial charge in [-0.15, -0.1) is 11.3 Å². The first-order valence-electron chi connectivity index (χ1n) is 6.73. The number of ether oxygens (including phenoxy) is 1. The number of hydrogen-bond donors (Lipinski definition) is 1. The van der Waals surface area contributed by atoms with Gasteiger partial charge in [0.2, 0.25) is 0 Å². The summed E-state index contributed by atoms with van der Waals surface area (Å²) in [6, 6.07) is 4.34. The van der Waals surface area contributed by atoms with Crippen molar-refractivity contribution in [3.8, 4) is 0 Å². The third kappa shape index (κ3) is 3.79. The zero-order chi connectivity index (χ0) is 12.8. The van der Waals surface area contributed by atoms with E-state index >= 15 is 0 Å². The van der Waals surface area contributed by atoms with Crippen molar-refractivity contribution in [3.63, 3.8) is 0 Å². The van der Waals surface area contributed by atoms with Gasteiger partial charge in [0.25, 0.3) is 0 Å². The summed E-state index contributed by atoms with van der Waals surface area (Å²) in [7, 11) is 2.21. The summed E-state index contributed by atoms with van der Waals surface area (Å²) in [5, 5.41) is 2.15. The summed E-state index contributed by atoms with van der Waals surface area (Å²) in [5.74, 6) is 0. The SMILES string of the molecule is CN(CCc1cccs1)CC1(CN)CCOCC1. The summed E-state index contributed by atoms with van der Waals surface area (Å²) < 4.78 is 5.45. The molecular formula is C14H24N2OS. The van der Waals surface area contributed by atoms with Crippen LogP contribution >= 0.6 is 11.3 Å². The Hall–Kier alpha value is -0.420. The first kappa shape index (κ1) is 14.0. The van der Waals surface area contributed by atoms with E-state index in [4.69, 9.17) is 10.5 Å². The fourth-order valence-corrected chi connectivity index (χ4v) is 3.34. The Balaban J connectivity index is 1.79. The molecule has 2 heterocycles. The first-order valence-corrected chi connectivity index (χ1v) is 7.61. The topological polar surface area (TPSA) is 38.5 Å². The molecule has 18 heavy (non-hydrogen) atoms. The lowest BCUT2D eigenvalue weighted by Crippen LogP contribution is -2.45. The maximum atomic E-state index is 6.00. The zero-order valence-electron chi connectivity index (χ0n) is 11.2. The highest BCUT2D eigenvalue weighted by Crippen LogP contribution is 2.30. The van der Waals surface area contributed by atoms with Crippen LogP contribution in [0.25, 0.3) is 0 Å². The van der Waals surface area contributed by atoms with Gasteiger partial charge in [0.05, 0.1) is 0 Å². The number of rotatable bonds is 6. The predicted molar refractivity (Wildman–Crippen MR) is 77.1 cm³/mol. The van der Waals surface area contributed by atoms with Crippen LogP contribution in [0.15, 0.2) is 17.5 Å². The van der Waals surface area contributed by atoms with E-state index in [0.717, 1.165) is 52.1 Å². The second-order valence-corrected chi connectivity index (χ2v) is 6.42. The van der Waals surface area contributed by atoms with Crippen LogP contribution in [0.4, 0.5) is 0 Å². The van der Waals surface area contributed by atoms with Crippen molar-refractivity contribution < 1.29 is 4.74 Å². The summed E-state index contributed by atoms with van der Waals surface area (Å²) >= 11 is 1.84. The first-order chi connectivity index (χ1) is 8.74. The molecule has 0 radical (unpaired) electrons. The number of nitrogens with zero attached hydrogens (tertiary/aromatic N) is 1. The smallest absolute Gasteiger partial charge is 0.0472 e. The van der Waals surface area contributed by atoms with Crippen molar-refractivity contribution in [2.24, 2.45) is 11.1 Å². The summed E-state index contributed by atoms with van der Waals surface area (Å²) in [4.78, 5) is 3.90. The number of hydrogen-bond acceptors (Lipinski definition) is 4. The molecule has 0 aliphatic carbocycles. The van der Waals surface area contributed by atoms with Crippen molar-refractivity contribution in [3.05, 3.63) is 22.4 Å². The van der Waals surface area contributed by atoms with Gasteiger partial charge in [-0.2, -0.15) is 0 Å². The minimum atomic E-state index is 0.280. The molecule has 0 amide bonds. The van der Waals surface area contributed by atoms with Gasteiger partial charge in [-0.05, 0) is 49.7 Å². The second kappa shape index (κ2) is 6.66. The molecule has 0 saturated carbocycles. The van der Waals surface area contributed by atoms with E-state index in [2.05, 4.69) is 29.5 Å². The lowest BCUT2D eigenvalue weighted by molar-refractivity contribution is 0.00390. The van der Waals surface area contributed by atoms with Gasteiger partial charge in [-0.3, -0.25) is 0 Å². The molecule has 0 bridgehead atoms. The molecule has 4 heteroatoms. The van der Waals surface area contributed by atoms with Crippen molar-refractivity contribution in [1.82, 2.24) is 4.90 Å². The van der Waals surface area contributed by atoms with Crippen LogP contribution in [0.2, 0.25) is 0 Å². The van der Waals surface area contributed by atoms with Gasteiger partial charge in [-0.25, -0.2) is 0 Å². The number of nitrogens with two attached hydrogens (primary N) is 1. The van der Waals surface area contributed by atoms with Crippen LogP contribution in [0, 0.1) is 5.41 Å². The minimum Gasteiger partial charge on any atom is -0.381 e. The second-order valence-electron chi connectivity index (χ2n) is 5.38. The van der Waals surface area contributed by atoms with E-state index in [1.54, 1.807) is 0 Å². The van der Waals surface area contributed by atoms with Crippen LogP contribution in [0.5, 0.6) is 0 Å². The summed E-state index contributed by atoms with van der Waals surface area (Å²) in [6.45, 7) is 4.73.